The normalized spacial score (nSPS) is 11.0. The Morgan fingerprint density at radius 3 is 2.48 bits per heavy atom. The molecule has 0 atom stereocenters. The number of aromatic nitrogens is 3. The second kappa shape index (κ2) is 7.38. The van der Waals surface area contributed by atoms with Crippen molar-refractivity contribution in [1.82, 2.24) is 14.8 Å². The van der Waals surface area contributed by atoms with E-state index in [1.165, 1.54) is 0 Å². The summed E-state index contributed by atoms with van der Waals surface area (Å²) < 4.78 is 1.68. The quantitative estimate of drug-likeness (QED) is 0.471. The van der Waals surface area contributed by atoms with Crippen molar-refractivity contribution in [2.75, 3.05) is 5.32 Å². The molecule has 5 aromatic rings. The molecule has 2 heterocycles. The van der Waals surface area contributed by atoms with E-state index < -0.39 is 5.91 Å². The van der Waals surface area contributed by atoms with Gasteiger partial charge >= 0.3 is 0 Å². The van der Waals surface area contributed by atoms with Gasteiger partial charge in [-0.15, -0.1) is 0 Å². The number of primary amides is 1. The van der Waals surface area contributed by atoms with Gasteiger partial charge in [-0.2, -0.15) is 5.10 Å². The third-order valence-corrected chi connectivity index (χ3v) is 5.09. The molecule has 2 aromatic heterocycles. The van der Waals surface area contributed by atoms with Gasteiger partial charge in [0.2, 0.25) is 0 Å². The van der Waals surface area contributed by atoms with Crippen LogP contribution >= 0.6 is 0 Å². The van der Waals surface area contributed by atoms with E-state index in [2.05, 4.69) is 15.4 Å². The van der Waals surface area contributed by atoms with Crippen LogP contribution in [0.4, 0.5) is 5.69 Å². The maximum absolute atomic E-state index is 12.8. The number of nitrogens with two attached hydrogens (primary N) is 1. The average Bonchev–Trinajstić information content (AvgIpc) is 3.23. The van der Waals surface area contributed by atoms with Crippen LogP contribution in [0.15, 0.2) is 85.2 Å². The number of para-hydroxylation sites is 1. The molecule has 31 heavy (non-hydrogen) atoms. The van der Waals surface area contributed by atoms with Crippen LogP contribution in [0.2, 0.25) is 0 Å². The zero-order valence-electron chi connectivity index (χ0n) is 16.3. The van der Waals surface area contributed by atoms with Crippen molar-refractivity contribution >= 4 is 39.3 Å². The average molecular weight is 407 g/mol. The van der Waals surface area contributed by atoms with E-state index in [9.17, 15) is 9.59 Å². The summed E-state index contributed by atoms with van der Waals surface area (Å²) in [5.41, 5.74) is 9.16. The number of nitrogens with one attached hydrogen (secondary N) is 1. The highest BCUT2D eigenvalue weighted by molar-refractivity contribution is 6.12. The highest BCUT2D eigenvalue weighted by Gasteiger charge is 2.12. The lowest BCUT2D eigenvalue weighted by Gasteiger charge is -2.08. The van der Waals surface area contributed by atoms with Crippen LogP contribution in [0.1, 0.15) is 20.7 Å². The van der Waals surface area contributed by atoms with Crippen molar-refractivity contribution in [3.8, 4) is 5.69 Å². The maximum Gasteiger partial charge on any atom is 0.256 e. The van der Waals surface area contributed by atoms with Gasteiger partial charge in [-0.25, -0.2) is 4.68 Å². The summed E-state index contributed by atoms with van der Waals surface area (Å²) in [4.78, 5) is 28.7. The molecule has 0 saturated heterocycles. The predicted octanol–water partition coefficient (Wildman–Crippen LogP) is 3.92. The van der Waals surface area contributed by atoms with Crippen LogP contribution in [-0.4, -0.2) is 26.6 Å². The number of anilines is 1. The first kappa shape index (κ1) is 18.5. The number of carbonyl (C=O) groups is 2. The third kappa shape index (κ3) is 3.38. The summed E-state index contributed by atoms with van der Waals surface area (Å²) in [5.74, 6) is -0.722. The van der Waals surface area contributed by atoms with Crippen LogP contribution < -0.4 is 11.1 Å². The number of pyridine rings is 1. The topological polar surface area (TPSA) is 103 Å². The molecular weight excluding hydrogens is 390 g/mol. The lowest BCUT2D eigenvalue weighted by Crippen LogP contribution is -2.12. The van der Waals surface area contributed by atoms with Gasteiger partial charge < -0.3 is 11.1 Å². The monoisotopic (exact) mass is 407 g/mol. The van der Waals surface area contributed by atoms with Gasteiger partial charge in [0.15, 0.2) is 0 Å². The van der Waals surface area contributed by atoms with Gasteiger partial charge in [-0.3, -0.25) is 14.6 Å². The summed E-state index contributed by atoms with van der Waals surface area (Å²) in [6.45, 7) is 0. The van der Waals surface area contributed by atoms with E-state index in [0.717, 1.165) is 22.0 Å². The molecule has 0 aliphatic heterocycles. The zero-order chi connectivity index (χ0) is 21.4. The van der Waals surface area contributed by atoms with Gasteiger partial charge in [-0.1, -0.05) is 30.3 Å². The molecule has 3 N–H and O–H groups in total. The van der Waals surface area contributed by atoms with Gasteiger partial charge in [0.1, 0.15) is 5.52 Å². The minimum atomic E-state index is -0.516. The smallest absolute Gasteiger partial charge is 0.256 e. The highest BCUT2D eigenvalue weighted by Crippen LogP contribution is 2.22. The van der Waals surface area contributed by atoms with Crippen LogP contribution in [0, 0.1) is 0 Å². The van der Waals surface area contributed by atoms with E-state index in [-0.39, 0.29) is 5.91 Å². The van der Waals surface area contributed by atoms with Gasteiger partial charge in [0, 0.05) is 28.9 Å². The summed E-state index contributed by atoms with van der Waals surface area (Å²) in [7, 11) is 0. The molecule has 0 aliphatic rings. The molecular formula is C24H17N5O2. The Kier molecular flexibility index (Phi) is 4.41. The summed E-state index contributed by atoms with van der Waals surface area (Å²) in [6, 6.07) is 21.8. The summed E-state index contributed by atoms with van der Waals surface area (Å²) in [5, 5.41) is 9.04. The van der Waals surface area contributed by atoms with Crippen LogP contribution in [0.5, 0.6) is 0 Å². The van der Waals surface area contributed by atoms with Gasteiger partial charge in [0.05, 0.1) is 22.3 Å². The van der Waals surface area contributed by atoms with E-state index in [1.807, 2.05) is 48.7 Å². The first-order chi connectivity index (χ1) is 15.1. The number of amides is 2. The molecule has 0 aliphatic carbocycles. The fraction of sp³-hybridized carbons (Fsp3) is 0. The zero-order valence-corrected chi connectivity index (χ0v) is 16.3. The number of hydrogen-bond acceptors (Lipinski definition) is 4. The Hall–Kier alpha value is -4.52. The highest BCUT2D eigenvalue weighted by atomic mass is 16.2. The molecule has 0 bridgehead atoms. The van der Waals surface area contributed by atoms with Crippen molar-refractivity contribution in [1.29, 1.82) is 0 Å². The SMILES string of the molecule is NC(=O)c1cccc2cn(-c3ccc(NC(=O)c4ccnc5ccccc45)cc3)nc12. The van der Waals surface area contributed by atoms with Crippen molar-refractivity contribution in [3.05, 3.63) is 96.3 Å². The molecule has 7 heteroatoms. The lowest BCUT2D eigenvalue weighted by molar-refractivity contribution is 0.0999. The molecule has 7 nitrogen and oxygen atoms in total. The minimum absolute atomic E-state index is 0.206. The van der Waals surface area contributed by atoms with Crippen molar-refractivity contribution < 1.29 is 9.59 Å². The van der Waals surface area contributed by atoms with E-state index in [1.54, 1.807) is 41.2 Å². The van der Waals surface area contributed by atoms with Gasteiger partial charge in [-0.05, 0) is 42.5 Å². The second-order valence-electron chi connectivity index (χ2n) is 7.06. The fourth-order valence-electron chi connectivity index (χ4n) is 3.57. The Morgan fingerprint density at radius 2 is 1.68 bits per heavy atom. The molecule has 3 aromatic carbocycles. The van der Waals surface area contributed by atoms with E-state index in [0.29, 0.717) is 22.3 Å². The van der Waals surface area contributed by atoms with Crippen molar-refractivity contribution in [2.45, 2.75) is 0 Å². The van der Waals surface area contributed by atoms with Crippen molar-refractivity contribution in [3.63, 3.8) is 0 Å². The molecule has 150 valence electrons. The van der Waals surface area contributed by atoms with Crippen LogP contribution in [-0.2, 0) is 0 Å². The number of hydrogen-bond donors (Lipinski definition) is 2. The minimum Gasteiger partial charge on any atom is -0.366 e. The molecule has 5 rings (SSSR count). The Bertz CT molecular complexity index is 1450. The number of fused-ring (bicyclic) bond motifs is 2. The maximum atomic E-state index is 12.8. The van der Waals surface area contributed by atoms with E-state index in [4.69, 9.17) is 5.73 Å². The summed E-state index contributed by atoms with van der Waals surface area (Å²) >= 11 is 0. The number of benzene rings is 3. The Balaban J connectivity index is 1.41. The fourth-order valence-corrected chi connectivity index (χ4v) is 3.57. The molecule has 0 saturated carbocycles. The second-order valence-corrected chi connectivity index (χ2v) is 7.06. The standard InChI is InChI=1S/C24H17N5O2/c25-23(30)20-6-3-4-15-14-29(28-22(15)20)17-10-8-16(9-11-17)27-24(31)19-12-13-26-21-7-2-1-5-18(19)21/h1-14H,(H2,25,30)(H,27,31). The lowest BCUT2D eigenvalue weighted by atomic mass is 10.1. The molecule has 0 fully saturated rings. The number of carbonyl (C=O) groups excluding carboxylic acids is 2. The molecule has 0 unspecified atom stereocenters. The van der Waals surface area contributed by atoms with Crippen LogP contribution in [0.3, 0.4) is 0 Å². The molecule has 2 amide bonds. The number of rotatable bonds is 4. The molecule has 0 radical (unpaired) electrons. The van der Waals surface area contributed by atoms with Crippen LogP contribution in [0.25, 0.3) is 27.5 Å². The molecule has 0 spiro atoms. The van der Waals surface area contributed by atoms with E-state index >= 15 is 0 Å². The predicted molar refractivity (Wildman–Crippen MR) is 119 cm³/mol. The Labute approximate surface area is 177 Å². The Morgan fingerprint density at radius 1 is 0.871 bits per heavy atom. The number of nitrogens with zero attached hydrogens (tertiary/aromatic N) is 3. The third-order valence-electron chi connectivity index (χ3n) is 5.09. The first-order valence-corrected chi connectivity index (χ1v) is 9.64. The van der Waals surface area contributed by atoms with Crippen molar-refractivity contribution in [2.24, 2.45) is 5.73 Å². The summed E-state index contributed by atoms with van der Waals surface area (Å²) in [6.07, 6.45) is 3.46. The first-order valence-electron chi connectivity index (χ1n) is 9.64. The van der Waals surface area contributed by atoms with Gasteiger partial charge in [0.25, 0.3) is 11.8 Å². The largest absolute Gasteiger partial charge is 0.366 e.